The molecule has 0 spiro atoms. The molecule has 1 saturated heterocycles. The number of aromatic nitrogens is 2. The SMILES string of the molecule is Cl.O=C(NC1CCNCC1)c1cnn(-c2ccccc2)c1C1CC1. The molecule has 2 fully saturated rings. The van der Waals surface area contributed by atoms with Crippen molar-refractivity contribution in [1.82, 2.24) is 20.4 Å². The van der Waals surface area contributed by atoms with E-state index in [2.05, 4.69) is 15.7 Å². The van der Waals surface area contributed by atoms with Crippen molar-refractivity contribution in [1.29, 1.82) is 0 Å². The molecule has 5 nitrogen and oxygen atoms in total. The summed E-state index contributed by atoms with van der Waals surface area (Å²) >= 11 is 0. The van der Waals surface area contributed by atoms with E-state index in [1.807, 2.05) is 35.0 Å². The van der Waals surface area contributed by atoms with Gasteiger partial charge in [-0.15, -0.1) is 12.4 Å². The van der Waals surface area contributed by atoms with Gasteiger partial charge in [0.1, 0.15) is 0 Å². The Bertz CT molecular complexity index is 690. The summed E-state index contributed by atoms with van der Waals surface area (Å²) in [5, 5.41) is 11.0. The number of amides is 1. The number of benzene rings is 1. The van der Waals surface area contributed by atoms with Crippen molar-refractivity contribution in [2.75, 3.05) is 13.1 Å². The number of carbonyl (C=O) groups is 1. The molecular weight excluding hydrogens is 324 g/mol. The summed E-state index contributed by atoms with van der Waals surface area (Å²) in [6.07, 6.45) is 6.02. The maximum absolute atomic E-state index is 12.7. The Balaban J connectivity index is 0.00000169. The van der Waals surface area contributed by atoms with Crippen LogP contribution in [0.1, 0.15) is 47.7 Å². The Morgan fingerprint density at radius 3 is 2.50 bits per heavy atom. The lowest BCUT2D eigenvalue weighted by molar-refractivity contribution is 0.0928. The van der Waals surface area contributed by atoms with Crippen LogP contribution in [0.5, 0.6) is 0 Å². The molecule has 24 heavy (non-hydrogen) atoms. The van der Waals surface area contributed by atoms with E-state index in [1.54, 1.807) is 6.20 Å². The summed E-state index contributed by atoms with van der Waals surface area (Å²) in [5.74, 6) is 0.493. The van der Waals surface area contributed by atoms with Gasteiger partial charge in [0.2, 0.25) is 0 Å². The number of carbonyl (C=O) groups excluding carboxylic acids is 1. The maximum Gasteiger partial charge on any atom is 0.255 e. The van der Waals surface area contributed by atoms with E-state index < -0.39 is 0 Å². The number of para-hydroxylation sites is 1. The molecule has 128 valence electrons. The number of hydrogen-bond acceptors (Lipinski definition) is 3. The van der Waals surface area contributed by atoms with Crippen molar-refractivity contribution in [2.24, 2.45) is 0 Å². The first-order valence-corrected chi connectivity index (χ1v) is 8.48. The van der Waals surface area contributed by atoms with E-state index in [0.717, 1.165) is 55.7 Å². The average molecular weight is 347 g/mol. The molecule has 0 bridgehead atoms. The van der Waals surface area contributed by atoms with Gasteiger partial charge in [0.15, 0.2) is 0 Å². The zero-order valence-corrected chi connectivity index (χ0v) is 14.4. The molecule has 1 amide bonds. The lowest BCUT2D eigenvalue weighted by atomic mass is 10.1. The third-order valence-electron chi connectivity index (χ3n) is 4.69. The van der Waals surface area contributed by atoms with E-state index in [4.69, 9.17) is 0 Å². The summed E-state index contributed by atoms with van der Waals surface area (Å²) in [6.45, 7) is 1.95. The zero-order chi connectivity index (χ0) is 15.6. The molecule has 1 aliphatic heterocycles. The van der Waals surface area contributed by atoms with Crippen LogP contribution >= 0.6 is 12.4 Å². The Kier molecular flexibility index (Phi) is 5.21. The summed E-state index contributed by atoms with van der Waals surface area (Å²) in [5.41, 5.74) is 2.84. The predicted octanol–water partition coefficient (Wildman–Crippen LogP) is 2.65. The molecular formula is C18H23ClN4O. The van der Waals surface area contributed by atoms with Crippen LogP contribution in [0.15, 0.2) is 36.5 Å². The predicted molar refractivity (Wildman–Crippen MR) is 96.1 cm³/mol. The topological polar surface area (TPSA) is 59.0 Å². The molecule has 2 aliphatic rings. The van der Waals surface area contributed by atoms with Gasteiger partial charge in [-0.3, -0.25) is 4.79 Å². The first-order chi connectivity index (χ1) is 11.3. The minimum atomic E-state index is 0. The number of hydrogen-bond donors (Lipinski definition) is 2. The van der Waals surface area contributed by atoms with Gasteiger partial charge in [0.05, 0.1) is 23.1 Å². The minimum absolute atomic E-state index is 0. The van der Waals surface area contributed by atoms with Gasteiger partial charge in [-0.2, -0.15) is 5.10 Å². The largest absolute Gasteiger partial charge is 0.349 e. The molecule has 1 aromatic heterocycles. The molecule has 1 aliphatic carbocycles. The first-order valence-electron chi connectivity index (χ1n) is 8.48. The summed E-state index contributed by atoms with van der Waals surface area (Å²) in [4.78, 5) is 12.7. The van der Waals surface area contributed by atoms with Crippen LogP contribution in [0.3, 0.4) is 0 Å². The molecule has 0 unspecified atom stereocenters. The van der Waals surface area contributed by atoms with Crippen LogP contribution in [0, 0.1) is 0 Å². The molecule has 0 radical (unpaired) electrons. The maximum atomic E-state index is 12.7. The Morgan fingerprint density at radius 2 is 1.83 bits per heavy atom. The molecule has 0 atom stereocenters. The monoisotopic (exact) mass is 346 g/mol. The highest BCUT2D eigenvalue weighted by Gasteiger charge is 2.33. The number of halogens is 1. The van der Waals surface area contributed by atoms with Gasteiger partial charge in [-0.05, 0) is 50.9 Å². The van der Waals surface area contributed by atoms with Gasteiger partial charge >= 0.3 is 0 Å². The second-order valence-corrected chi connectivity index (χ2v) is 6.46. The van der Waals surface area contributed by atoms with Crippen molar-refractivity contribution in [3.05, 3.63) is 47.8 Å². The molecule has 4 rings (SSSR count). The number of nitrogens with zero attached hydrogens (tertiary/aromatic N) is 2. The van der Waals surface area contributed by atoms with Gasteiger partial charge in [0.25, 0.3) is 5.91 Å². The van der Waals surface area contributed by atoms with Gasteiger partial charge in [-0.25, -0.2) is 4.68 Å². The third-order valence-corrected chi connectivity index (χ3v) is 4.69. The highest BCUT2D eigenvalue weighted by atomic mass is 35.5. The van der Waals surface area contributed by atoms with Crippen molar-refractivity contribution in [2.45, 2.75) is 37.6 Å². The van der Waals surface area contributed by atoms with Crippen LogP contribution in [0.4, 0.5) is 0 Å². The fourth-order valence-corrected chi connectivity index (χ4v) is 3.29. The van der Waals surface area contributed by atoms with Crippen molar-refractivity contribution in [3.8, 4) is 5.69 Å². The average Bonchev–Trinajstić information content (AvgIpc) is 3.34. The number of rotatable bonds is 4. The van der Waals surface area contributed by atoms with Gasteiger partial charge in [-0.1, -0.05) is 18.2 Å². The highest BCUT2D eigenvalue weighted by Crippen LogP contribution is 2.42. The fraction of sp³-hybridized carbons (Fsp3) is 0.444. The number of nitrogens with one attached hydrogen (secondary N) is 2. The first kappa shape index (κ1) is 17.0. The Morgan fingerprint density at radius 1 is 1.12 bits per heavy atom. The third kappa shape index (κ3) is 3.47. The van der Waals surface area contributed by atoms with Crippen LogP contribution in [0.25, 0.3) is 5.69 Å². The molecule has 2 aromatic rings. The van der Waals surface area contributed by atoms with Crippen LogP contribution < -0.4 is 10.6 Å². The van der Waals surface area contributed by atoms with Crippen LogP contribution in [0.2, 0.25) is 0 Å². The molecule has 6 heteroatoms. The molecule has 1 aromatic carbocycles. The quantitative estimate of drug-likeness (QED) is 0.894. The van der Waals surface area contributed by atoms with Crippen molar-refractivity contribution >= 4 is 18.3 Å². The minimum Gasteiger partial charge on any atom is -0.349 e. The summed E-state index contributed by atoms with van der Waals surface area (Å²) < 4.78 is 1.94. The van der Waals surface area contributed by atoms with Crippen LogP contribution in [-0.4, -0.2) is 34.8 Å². The van der Waals surface area contributed by atoms with Crippen LogP contribution in [-0.2, 0) is 0 Å². The lowest BCUT2D eigenvalue weighted by Gasteiger charge is -2.23. The highest BCUT2D eigenvalue weighted by molar-refractivity contribution is 5.95. The number of piperidine rings is 1. The van der Waals surface area contributed by atoms with E-state index in [1.165, 1.54) is 0 Å². The zero-order valence-electron chi connectivity index (χ0n) is 13.6. The summed E-state index contributed by atoms with van der Waals surface area (Å²) in [6, 6.07) is 10.3. The Hall–Kier alpha value is -1.85. The van der Waals surface area contributed by atoms with E-state index in [0.29, 0.717) is 5.92 Å². The normalized spacial score (nSPS) is 18.0. The molecule has 2 N–H and O–H groups in total. The van der Waals surface area contributed by atoms with E-state index in [-0.39, 0.29) is 24.4 Å². The second kappa shape index (κ2) is 7.36. The lowest BCUT2D eigenvalue weighted by Crippen LogP contribution is -2.42. The Labute approximate surface area is 148 Å². The van der Waals surface area contributed by atoms with Crippen molar-refractivity contribution < 1.29 is 4.79 Å². The molecule has 2 heterocycles. The van der Waals surface area contributed by atoms with Gasteiger partial charge < -0.3 is 10.6 Å². The standard InChI is InChI=1S/C18H22N4O.ClH/c23-18(21-14-8-10-19-11-9-14)16-12-20-22(17(16)13-6-7-13)15-4-2-1-3-5-15;/h1-5,12-14,19H,6-11H2,(H,21,23);1H. The van der Waals surface area contributed by atoms with Gasteiger partial charge in [0, 0.05) is 12.0 Å². The molecule has 1 saturated carbocycles. The van der Waals surface area contributed by atoms with E-state index in [9.17, 15) is 4.79 Å². The fourth-order valence-electron chi connectivity index (χ4n) is 3.29. The van der Waals surface area contributed by atoms with E-state index >= 15 is 0 Å². The smallest absolute Gasteiger partial charge is 0.255 e. The second-order valence-electron chi connectivity index (χ2n) is 6.46. The van der Waals surface area contributed by atoms with Crippen molar-refractivity contribution in [3.63, 3.8) is 0 Å². The summed E-state index contributed by atoms with van der Waals surface area (Å²) in [7, 11) is 0.